The van der Waals surface area contributed by atoms with Crippen LogP contribution in [0.15, 0.2) is 24.3 Å². The van der Waals surface area contributed by atoms with E-state index in [0.29, 0.717) is 0 Å². The van der Waals surface area contributed by atoms with Gasteiger partial charge in [0.2, 0.25) is 0 Å². The monoisotopic (exact) mass is 436 g/mol. The van der Waals surface area contributed by atoms with Crippen LogP contribution in [-0.2, 0) is 6.42 Å². The fourth-order valence-electron chi connectivity index (χ4n) is 5.99. The third kappa shape index (κ3) is 7.98. The molecule has 1 saturated carbocycles. The molecule has 1 aromatic rings. The van der Waals surface area contributed by atoms with Crippen LogP contribution in [0, 0.1) is 17.8 Å². The molecule has 0 N–H and O–H groups in total. The summed E-state index contributed by atoms with van der Waals surface area (Å²) >= 11 is 0. The molecule has 4 heteroatoms. The first-order valence-corrected chi connectivity index (χ1v) is 15.1. The number of alkyl halides is 2. The van der Waals surface area contributed by atoms with Crippen molar-refractivity contribution in [3.05, 3.63) is 29.8 Å². The lowest BCUT2D eigenvalue weighted by molar-refractivity contribution is -0.0498. The fourth-order valence-corrected chi connectivity index (χ4v) is 9.64. The molecule has 1 aliphatic carbocycles. The van der Waals surface area contributed by atoms with E-state index in [2.05, 4.69) is 11.7 Å². The Bertz CT molecular complexity index is 575. The van der Waals surface area contributed by atoms with Gasteiger partial charge < -0.3 is 4.74 Å². The lowest BCUT2D eigenvalue weighted by Crippen LogP contribution is -2.28. The molecule has 3 rings (SSSR count). The van der Waals surface area contributed by atoms with Crippen LogP contribution in [0.1, 0.15) is 83.1 Å². The highest BCUT2D eigenvalue weighted by Crippen LogP contribution is 2.42. The van der Waals surface area contributed by atoms with Crippen LogP contribution in [0.3, 0.4) is 0 Å². The molecule has 0 unspecified atom stereocenters. The Morgan fingerprint density at radius 1 is 0.900 bits per heavy atom. The average molecular weight is 437 g/mol. The molecular weight excluding hydrogens is 394 g/mol. The minimum Gasteiger partial charge on any atom is -0.435 e. The van der Waals surface area contributed by atoms with Gasteiger partial charge in [-0.1, -0.05) is 88.6 Å². The van der Waals surface area contributed by atoms with Gasteiger partial charge in [0, 0.05) is 8.80 Å². The van der Waals surface area contributed by atoms with E-state index in [0.717, 1.165) is 24.2 Å². The molecule has 0 spiro atoms. The van der Waals surface area contributed by atoms with Gasteiger partial charge in [0.15, 0.2) is 0 Å². The van der Waals surface area contributed by atoms with Gasteiger partial charge in [0.25, 0.3) is 0 Å². The van der Waals surface area contributed by atoms with Crippen LogP contribution in [0.4, 0.5) is 8.78 Å². The highest BCUT2D eigenvalue weighted by Gasteiger charge is 2.30. The van der Waals surface area contributed by atoms with E-state index < -0.39 is 6.61 Å². The molecule has 1 aliphatic heterocycles. The molecule has 0 amide bonds. The lowest BCUT2D eigenvalue weighted by Gasteiger charge is -2.37. The zero-order valence-electron chi connectivity index (χ0n) is 19.0. The maximum absolute atomic E-state index is 12.2. The fraction of sp³-hybridized carbons (Fsp3) is 0.769. The van der Waals surface area contributed by atoms with Crippen LogP contribution in [0.25, 0.3) is 0 Å². The molecule has 1 heterocycles. The quantitative estimate of drug-likeness (QED) is 0.251. The van der Waals surface area contributed by atoms with E-state index >= 15 is 0 Å². The van der Waals surface area contributed by atoms with E-state index in [1.54, 1.807) is 43.1 Å². The standard InChI is InChI=1S/C26H42F2OSi/c1-2-3-18-30-19-16-24(17-20-30)23-12-8-21(9-13-23)6-4-5-7-22-10-14-25(15-11-22)29-26(27)28/h10-11,14-15,21,23-24,26,30H,2-9,12-13,16-20H2,1H3/t21-,23-,24?,30?. The number of halogens is 2. The Hall–Kier alpha value is -0.903. The van der Waals surface area contributed by atoms with Crippen LogP contribution in [0.2, 0.25) is 18.1 Å². The predicted octanol–water partition coefficient (Wildman–Crippen LogP) is 8.24. The second-order valence-electron chi connectivity index (χ2n) is 9.97. The van der Waals surface area contributed by atoms with Crippen molar-refractivity contribution in [3.63, 3.8) is 0 Å². The molecule has 1 saturated heterocycles. The predicted molar refractivity (Wildman–Crippen MR) is 125 cm³/mol. The molecule has 0 radical (unpaired) electrons. The van der Waals surface area contributed by atoms with Crippen LogP contribution in [-0.4, -0.2) is 15.4 Å². The summed E-state index contributed by atoms with van der Waals surface area (Å²) in [6.07, 6.45) is 16.8. The Kier molecular flexibility index (Phi) is 10.2. The third-order valence-corrected chi connectivity index (χ3v) is 11.4. The van der Waals surface area contributed by atoms with Crippen molar-refractivity contribution in [1.29, 1.82) is 0 Å². The van der Waals surface area contributed by atoms with Crippen LogP contribution >= 0.6 is 0 Å². The van der Waals surface area contributed by atoms with Gasteiger partial charge in [-0.15, -0.1) is 0 Å². The number of benzene rings is 1. The maximum atomic E-state index is 12.2. The molecule has 0 bridgehead atoms. The van der Waals surface area contributed by atoms with Crippen molar-refractivity contribution in [3.8, 4) is 5.75 Å². The van der Waals surface area contributed by atoms with Crippen molar-refractivity contribution in [2.45, 2.75) is 109 Å². The Balaban J connectivity index is 1.26. The van der Waals surface area contributed by atoms with Crippen molar-refractivity contribution in [2.24, 2.45) is 17.8 Å². The molecule has 170 valence electrons. The molecule has 1 aromatic carbocycles. The Morgan fingerprint density at radius 2 is 1.57 bits per heavy atom. The van der Waals surface area contributed by atoms with Gasteiger partial charge >= 0.3 is 6.61 Å². The van der Waals surface area contributed by atoms with E-state index in [4.69, 9.17) is 0 Å². The molecular formula is C26H42F2OSi. The second-order valence-corrected chi connectivity index (χ2v) is 13.4. The molecule has 0 aromatic heterocycles. The number of rotatable bonds is 11. The number of hydrogen-bond donors (Lipinski definition) is 0. The summed E-state index contributed by atoms with van der Waals surface area (Å²) in [5.74, 6) is 3.30. The molecule has 2 aliphatic rings. The zero-order chi connectivity index (χ0) is 21.2. The third-order valence-electron chi connectivity index (χ3n) is 7.89. The topological polar surface area (TPSA) is 9.23 Å². The van der Waals surface area contributed by atoms with E-state index in [-0.39, 0.29) is 14.5 Å². The highest BCUT2D eigenvalue weighted by molar-refractivity contribution is 6.58. The van der Waals surface area contributed by atoms with Gasteiger partial charge in [-0.3, -0.25) is 0 Å². The second kappa shape index (κ2) is 12.8. The maximum Gasteiger partial charge on any atom is 0.387 e. The van der Waals surface area contributed by atoms with Gasteiger partial charge in [-0.2, -0.15) is 8.78 Å². The zero-order valence-corrected chi connectivity index (χ0v) is 20.1. The first kappa shape index (κ1) is 23.8. The summed E-state index contributed by atoms with van der Waals surface area (Å²) < 4.78 is 28.8. The van der Waals surface area contributed by atoms with Gasteiger partial charge in [0.05, 0.1) is 0 Å². The van der Waals surface area contributed by atoms with Crippen molar-refractivity contribution in [2.75, 3.05) is 0 Å². The minimum atomic E-state index is -2.74. The smallest absolute Gasteiger partial charge is 0.387 e. The van der Waals surface area contributed by atoms with Crippen LogP contribution < -0.4 is 4.74 Å². The summed E-state index contributed by atoms with van der Waals surface area (Å²) in [4.78, 5) is 0. The molecule has 1 nitrogen and oxygen atoms in total. The molecule has 0 atom stereocenters. The van der Waals surface area contributed by atoms with Crippen molar-refractivity contribution >= 4 is 8.80 Å². The largest absolute Gasteiger partial charge is 0.435 e. The normalized spacial score (nSPS) is 27.3. The highest BCUT2D eigenvalue weighted by atomic mass is 28.3. The first-order valence-electron chi connectivity index (χ1n) is 12.7. The van der Waals surface area contributed by atoms with Gasteiger partial charge in [-0.25, -0.2) is 0 Å². The first-order chi connectivity index (χ1) is 14.6. The summed E-state index contributed by atoms with van der Waals surface area (Å²) in [5, 5.41) is 0. The van der Waals surface area contributed by atoms with Gasteiger partial charge in [0.1, 0.15) is 5.75 Å². The Morgan fingerprint density at radius 3 is 2.20 bits per heavy atom. The Labute approximate surface area is 184 Å². The number of hydrogen-bond acceptors (Lipinski definition) is 1. The van der Waals surface area contributed by atoms with Gasteiger partial charge in [-0.05, 0) is 61.1 Å². The lowest BCUT2D eigenvalue weighted by atomic mass is 9.73. The van der Waals surface area contributed by atoms with Crippen LogP contribution in [0.5, 0.6) is 5.75 Å². The summed E-state index contributed by atoms with van der Waals surface area (Å²) in [5.41, 5.74) is 1.22. The van der Waals surface area contributed by atoms with E-state index in [1.807, 2.05) is 12.1 Å². The summed E-state index contributed by atoms with van der Waals surface area (Å²) in [6.45, 7) is -0.405. The average Bonchev–Trinajstić information content (AvgIpc) is 2.77. The SMILES string of the molecule is CCCC[SiH]1CCC([C@H]2CC[C@H](CCCCc3ccc(OC(F)F)cc3)CC2)CC1. The summed E-state index contributed by atoms with van der Waals surface area (Å²) in [7, 11) is -0.344. The minimum absolute atomic E-state index is 0.252. The number of unbranched alkanes of at least 4 members (excludes halogenated alkanes) is 2. The van der Waals surface area contributed by atoms with E-state index in [9.17, 15) is 8.78 Å². The molecule has 2 fully saturated rings. The number of ether oxygens (including phenoxy) is 1. The number of aryl methyl sites for hydroxylation is 1. The summed E-state index contributed by atoms with van der Waals surface area (Å²) in [6, 6.07) is 12.0. The molecule has 30 heavy (non-hydrogen) atoms. The van der Waals surface area contributed by atoms with Crippen molar-refractivity contribution in [1.82, 2.24) is 0 Å². The van der Waals surface area contributed by atoms with Crippen molar-refractivity contribution < 1.29 is 13.5 Å². The van der Waals surface area contributed by atoms with E-state index in [1.165, 1.54) is 63.4 Å².